The SMILES string of the molecule is CO[C@H]1C(=O)[C@H](C)C[C@H](C)/C=C/C=C/C=C(\C)[C@@H](CO)C[C@@H]2CC[C@@H](C)[C@@](O)(O2)C(=O)C(=O)N2CCCC[C@H]2C(=O)O[C@H]([C@H](C)C[C@@H]2CC[C@H](n3cnnn3)[C@H](CO)C2)CC(=O)[C@H](C)/C=C(\C)[C@H]1O.CO[C@H]1C(=O)[C@H](C)C[C@H](C)/C=C/C=C/C=C(\C)[C@@H](CO)C[C@@H]2CC[C@@H](C)[C@@](O)(O2)C(=O)C(=O)N2CCCC[C@H]2C(=O)O[C@H]([C@H](C)C[C@@H]2CC[C@H](n3ncnn3)[C@H](CO)C2)CC(=O)[C@H](C)/C=C(\C)[C@H]1O. The minimum absolute atomic E-state index is 0.00322. The molecular weight excluding hydrogens is 1770 g/mol. The Morgan fingerprint density at radius 2 is 0.899 bits per heavy atom. The zero-order valence-electron chi connectivity index (χ0n) is 84.0. The number of carbonyl (C=O) groups excluding carboxylic acids is 10. The van der Waals surface area contributed by atoms with Crippen molar-refractivity contribution in [2.75, 3.05) is 53.7 Å². The summed E-state index contributed by atoms with van der Waals surface area (Å²) in [6.45, 7) is 24.7. The molecule has 2 aromatic heterocycles. The number of tetrazole rings is 2. The van der Waals surface area contributed by atoms with Crippen molar-refractivity contribution in [3.63, 3.8) is 0 Å². The van der Waals surface area contributed by atoms with Gasteiger partial charge in [-0.25, -0.2) is 14.3 Å². The molecule has 0 aromatic carbocycles. The van der Waals surface area contributed by atoms with E-state index < -0.39 is 143 Å². The molecule has 4 bridgehead atoms. The Bertz CT molecular complexity index is 4320. The normalized spacial score (nSPS) is 38.8. The van der Waals surface area contributed by atoms with Crippen LogP contribution in [0.15, 0.2) is 108 Å². The van der Waals surface area contributed by atoms with Gasteiger partial charge in [0.2, 0.25) is 11.6 Å². The Kier molecular flexibility index (Phi) is 43.9. The van der Waals surface area contributed by atoms with E-state index in [0.29, 0.717) is 114 Å². The van der Waals surface area contributed by atoms with Gasteiger partial charge in [0.25, 0.3) is 23.4 Å². The van der Waals surface area contributed by atoms with E-state index >= 15 is 0 Å². The van der Waals surface area contributed by atoms with Crippen molar-refractivity contribution < 1.29 is 117 Å². The lowest BCUT2D eigenvalue weighted by atomic mass is 9.74. The van der Waals surface area contributed by atoms with E-state index in [2.05, 4.69) is 30.9 Å². The fraction of sp³-hybridized carbons (Fsp3) is 0.731. The van der Waals surface area contributed by atoms with E-state index in [-0.39, 0.29) is 172 Å². The predicted molar refractivity (Wildman–Crippen MR) is 511 cm³/mol. The highest BCUT2D eigenvalue weighted by Gasteiger charge is 2.56. The fourth-order valence-corrected chi connectivity index (χ4v) is 21.8. The molecule has 2 saturated carbocycles. The number of carbonyl (C=O) groups is 10. The molecule has 0 radical (unpaired) electrons. The molecule has 2 aliphatic carbocycles. The van der Waals surface area contributed by atoms with E-state index in [1.54, 1.807) is 78.6 Å². The molecular formula is C104H158N10O24. The summed E-state index contributed by atoms with van der Waals surface area (Å²) in [5, 5.41) is 112. The van der Waals surface area contributed by atoms with Crippen LogP contribution in [0.2, 0.25) is 0 Å². The molecule has 34 nitrogen and oxygen atoms in total. The van der Waals surface area contributed by atoms with Crippen molar-refractivity contribution >= 4 is 58.5 Å². The number of ketones is 6. The third-order valence-corrected chi connectivity index (χ3v) is 30.8. The first-order valence-corrected chi connectivity index (χ1v) is 50.4. The summed E-state index contributed by atoms with van der Waals surface area (Å²) in [6, 6.07) is -2.55. The van der Waals surface area contributed by atoms with Crippen LogP contribution in [-0.4, -0.2) is 276 Å². The van der Waals surface area contributed by atoms with Crippen molar-refractivity contribution in [2.45, 2.75) is 336 Å². The number of methoxy groups -OCH3 is 2. The molecule has 8 aliphatic rings. The highest BCUT2D eigenvalue weighted by atomic mass is 16.6. The molecule has 6 aliphatic heterocycles. The maximum Gasteiger partial charge on any atom is 0.329 e. The second-order valence-corrected chi connectivity index (χ2v) is 41.4. The predicted octanol–water partition coefficient (Wildman–Crippen LogP) is 10.5. The van der Waals surface area contributed by atoms with Gasteiger partial charge in [0.05, 0.1) is 24.3 Å². The number of amides is 2. The van der Waals surface area contributed by atoms with Crippen molar-refractivity contribution in [3.05, 3.63) is 108 Å². The molecule has 8 heterocycles. The van der Waals surface area contributed by atoms with Crippen molar-refractivity contribution in [2.24, 2.45) is 94.7 Å². The number of nitrogens with zero attached hydrogens (tertiary/aromatic N) is 10. The summed E-state index contributed by atoms with van der Waals surface area (Å²) in [5.41, 5.74) is 2.44. The lowest BCUT2D eigenvalue weighted by molar-refractivity contribution is -0.265. The first-order valence-electron chi connectivity index (χ1n) is 50.4. The highest BCUT2D eigenvalue weighted by molar-refractivity contribution is 6.39. The number of cyclic esters (lactones) is 2. The zero-order chi connectivity index (χ0) is 101. The Hall–Kier alpha value is -8.52. The van der Waals surface area contributed by atoms with Crippen LogP contribution in [0, 0.1) is 94.7 Å². The lowest BCUT2D eigenvalue weighted by Crippen LogP contribution is -2.60. The first kappa shape index (κ1) is 113. The summed E-state index contributed by atoms with van der Waals surface area (Å²) in [6.07, 6.45) is 27.5. The number of ether oxygens (including phenoxy) is 6. The first-order chi connectivity index (χ1) is 65.6. The number of aliphatic hydroxyl groups is 8. The number of Topliss-reactive ketones (excluding diaryl/α,β-unsaturated/α-hetero) is 6. The van der Waals surface area contributed by atoms with E-state index in [1.807, 2.05) is 102 Å². The molecule has 34 heteroatoms. The number of esters is 2. The Balaban J connectivity index is 0.000000309. The van der Waals surface area contributed by atoms with E-state index in [9.17, 15) is 88.8 Å². The molecule has 2 aromatic rings. The smallest absolute Gasteiger partial charge is 0.329 e. The minimum Gasteiger partial charge on any atom is -0.460 e. The Morgan fingerprint density at radius 1 is 0.478 bits per heavy atom. The van der Waals surface area contributed by atoms with Gasteiger partial charge in [0.15, 0.2) is 17.9 Å². The number of allylic oxidation sites excluding steroid dienone is 12. The van der Waals surface area contributed by atoms with E-state index in [0.717, 1.165) is 24.0 Å². The lowest BCUT2D eigenvalue weighted by Gasteiger charge is -2.43. The monoisotopic (exact) mass is 1930 g/mol. The molecule has 138 heavy (non-hydrogen) atoms. The average Bonchev–Trinajstić information content (AvgIpc) is 0.849. The van der Waals surface area contributed by atoms with Crippen LogP contribution in [0.5, 0.6) is 0 Å². The molecule has 0 spiro atoms. The second kappa shape index (κ2) is 53.5. The number of aromatic nitrogens is 8. The van der Waals surface area contributed by atoms with Gasteiger partial charge in [-0.2, -0.15) is 4.80 Å². The maximum absolute atomic E-state index is 14.5. The van der Waals surface area contributed by atoms with Gasteiger partial charge in [-0.15, -0.1) is 15.3 Å². The summed E-state index contributed by atoms with van der Waals surface area (Å²) in [4.78, 5) is 146. The molecule has 2 amide bonds. The van der Waals surface area contributed by atoms with Crippen LogP contribution in [0.25, 0.3) is 0 Å². The number of hydrogen-bond acceptors (Lipinski definition) is 30. The topological polar surface area (TPSA) is 482 Å². The van der Waals surface area contributed by atoms with Gasteiger partial charge in [-0.05, 0) is 231 Å². The van der Waals surface area contributed by atoms with Gasteiger partial charge >= 0.3 is 11.9 Å². The average molecular weight is 1930 g/mol. The third kappa shape index (κ3) is 29.8. The van der Waals surface area contributed by atoms with Gasteiger partial charge < -0.3 is 79.1 Å². The van der Waals surface area contributed by atoms with Crippen molar-refractivity contribution in [3.8, 4) is 0 Å². The number of aliphatic hydroxyl groups excluding tert-OH is 6. The molecule has 4 saturated heterocycles. The number of rotatable bonds is 14. The van der Waals surface area contributed by atoms with Gasteiger partial charge in [-0.1, -0.05) is 153 Å². The number of fused-ring (bicyclic) bond motifs is 6. The summed E-state index contributed by atoms with van der Waals surface area (Å²) in [5.74, 6) is -17.5. The van der Waals surface area contributed by atoms with E-state index in [1.165, 1.54) is 35.1 Å². The van der Waals surface area contributed by atoms with Crippen LogP contribution in [0.3, 0.4) is 0 Å². The summed E-state index contributed by atoms with van der Waals surface area (Å²) in [7, 11) is 2.74. The molecule has 30 atom stereocenters. The fourth-order valence-electron chi connectivity index (χ4n) is 21.8. The highest BCUT2D eigenvalue weighted by Crippen LogP contribution is 2.45. The van der Waals surface area contributed by atoms with Crippen molar-refractivity contribution in [1.29, 1.82) is 0 Å². The summed E-state index contributed by atoms with van der Waals surface area (Å²) >= 11 is 0. The maximum atomic E-state index is 14.5. The van der Waals surface area contributed by atoms with Crippen LogP contribution in [0.4, 0.5) is 0 Å². The molecule has 8 N–H and O–H groups in total. The quantitative estimate of drug-likeness (QED) is 0.0495. The van der Waals surface area contributed by atoms with Crippen LogP contribution < -0.4 is 0 Å². The van der Waals surface area contributed by atoms with Crippen molar-refractivity contribution in [1.82, 2.24) is 50.2 Å². The van der Waals surface area contributed by atoms with Gasteiger partial charge in [-0.3, -0.25) is 38.4 Å². The standard InChI is InChI=1S/2C52H79N5O12/c1-31-14-10-9-11-15-32(2)39(28-58)26-41-19-17-37(7)52(66,69-41)49(63)50(64)56-21-13-12-16-43(56)51(65)68-45(34(4)24-38-18-20-42(40(25-38)29-59)57-30-53-54-55-57)27-44(60)33(3)23-36(6)47(62)48(67-8)46(61)35(5)22-31;1-31-14-10-9-11-15-32(2)39(28-58)26-41-19-17-37(7)52(66,69-41)49(63)50(64)56-21-13-12-16-43(56)51(65)68-45(34(4)24-38-18-20-42(40(25-38)29-59)57-54-30-53-55-57)27-44(60)33(3)23-36(6)47(62)48(67-8)46(61)35(5)22-31/h2*9-11,14-15,23,30-31,33-35,37-43,45,47-48,58-59,62,66H,12-13,16-22,24-29H2,1-8H3/b2*11-9+,14-10+,32-15+,36-23+/t2*31-,33-,34-,35-,37-,38+,39-,40+,41+,42+,43+,45+,47-,48+,52-/m11/s1. The Labute approximate surface area is 813 Å². The van der Waals surface area contributed by atoms with Crippen LogP contribution >= 0.6 is 0 Å². The van der Waals surface area contributed by atoms with Crippen LogP contribution in [-0.2, 0) is 76.4 Å². The minimum atomic E-state index is -2.47. The van der Waals surface area contributed by atoms with Crippen LogP contribution in [0.1, 0.15) is 263 Å². The second-order valence-electron chi connectivity index (χ2n) is 41.4. The summed E-state index contributed by atoms with van der Waals surface area (Å²) < 4.78 is 37.7. The molecule has 6 fully saturated rings. The molecule has 10 rings (SSSR count). The number of hydrogen-bond donors (Lipinski definition) is 8. The Morgan fingerprint density at radius 3 is 1.28 bits per heavy atom. The third-order valence-electron chi connectivity index (χ3n) is 30.8. The van der Waals surface area contributed by atoms with Gasteiger partial charge in [0.1, 0.15) is 66.6 Å². The zero-order valence-corrected chi connectivity index (χ0v) is 84.0. The molecule has 0 unspecified atom stereocenters. The number of piperidine rings is 2. The largest absolute Gasteiger partial charge is 0.460 e. The van der Waals surface area contributed by atoms with Gasteiger partial charge in [0, 0.05) is 126 Å². The molecule has 768 valence electrons. The van der Waals surface area contributed by atoms with E-state index in [4.69, 9.17) is 28.4 Å².